The fourth-order valence-electron chi connectivity index (χ4n) is 1.42. The van der Waals surface area contributed by atoms with Crippen LogP contribution in [0.5, 0.6) is 0 Å². The molecule has 0 spiro atoms. The molecule has 7 heteroatoms. The average Bonchev–Trinajstić information content (AvgIpc) is 2.65. The van der Waals surface area contributed by atoms with E-state index in [9.17, 15) is 13.6 Å². The predicted molar refractivity (Wildman–Crippen MR) is 63.6 cm³/mol. The van der Waals surface area contributed by atoms with E-state index in [0.717, 1.165) is 17.4 Å². The molecule has 0 fully saturated rings. The van der Waals surface area contributed by atoms with Crippen LogP contribution in [-0.2, 0) is 0 Å². The number of thiazole rings is 1. The molecule has 0 atom stereocenters. The van der Waals surface area contributed by atoms with Crippen LogP contribution in [-0.4, -0.2) is 16.1 Å². The molecule has 3 N–H and O–H groups in total. The number of nitrogens with two attached hydrogens (primary N) is 1. The fraction of sp³-hybridized carbons (Fsp3) is 0.0909. The lowest BCUT2D eigenvalue weighted by molar-refractivity contribution is 0.0692. The van der Waals surface area contributed by atoms with Crippen LogP contribution in [0, 0.1) is 18.6 Å². The fourth-order valence-corrected chi connectivity index (χ4v) is 2.26. The van der Waals surface area contributed by atoms with Crippen molar-refractivity contribution in [1.29, 1.82) is 0 Å². The van der Waals surface area contributed by atoms with E-state index in [2.05, 4.69) is 4.98 Å². The van der Waals surface area contributed by atoms with E-state index in [1.165, 1.54) is 13.0 Å². The number of carboxylic acid groups (broad SMARTS) is 1. The van der Waals surface area contributed by atoms with E-state index in [4.69, 9.17) is 10.8 Å². The zero-order chi connectivity index (χ0) is 13.4. The molecule has 1 aromatic heterocycles. The highest BCUT2D eigenvalue weighted by Crippen LogP contribution is 2.32. The van der Waals surface area contributed by atoms with Crippen molar-refractivity contribution in [1.82, 2.24) is 4.98 Å². The highest BCUT2D eigenvalue weighted by Gasteiger charge is 2.19. The second kappa shape index (κ2) is 4.34. The normalized spacial score (nSPS) is 10.6. The third-order valence-electron chi connectivity index (χ3n) is 2.33. The topological polar surface area (TPSA) is 76.2 Å². The highest BCUT2D eigenvalue weighted by molar-refractivity contribution is 7.19. The maximum absolute atomic E-state index is 13.6. The molecular formula is C11H8F2N2O2S. The molecule has 0 aliphatic heterocycles. The van der Waals surface area contributed by atoms with Crippen LogP contribution in [0.3, 0.4) is 0 Å². The van der Waals surface area contributed by atoms with Gasteiger partial charge in [0.05, 0.1) is 0 Å². The number of aromatic nitrogens is 1. The molecule has 0 aliphatic carbocycles. The first-order valence-corrected chi connectivity index (χ1v) is 5.67. The van der Waals surface area contributed by atoms with Crippen molar-refractivity contribution < 1.29 is 18.7 Å². The van der Waals surface area contributed by atoms with Crippen molar-refractivity contribution >= 4 is 22.3 Å². The molecule has 0 unspecified atom stereocenters. The van der Waals surface area contributed by atoms with E-state index in [1.54, 1.807) is 0 Å². The first kappa shape index (κ1) is 12.4. The van der Waals surface area contributed by atoms with Crippen LogP contribution in [0.15, 0.2) is 12.1 Å². The maximum Gasteiger partial charge on any atom is 0.357 e. The summed E-state index contributed by atoms with van der Waals surface area (Å²) in [6.07, 6.45) is 0. The van der Waals surface area contributed by atoms with E-state index in [1.807, 2.05) is 0 Å². The number of aryl methyl sites for hydroxylation is 1. The number of carbonyl (C=O) groups is 1. The van der Waals surface area contributed by atoms with Crippen LogP contribution in [0.4, 0.5) is 13.8 Å². The molecule has 2 rings (SSSR count). The van der Waals surface area contributed by atoms with E-state index >= 15 is 0 Å². The summed E-state index contributed by atoms with van der Waals surface area (Å²) in [6.45, 7) is 1.48. The SMILES string of the molecule is Cc1cc(-c2nc(C(=O)O)c(N)s2)c(F)cc1F. The minimum absolute atomic E-state index is 0.0149. The van der Waals surface area contributed by atoms with Gasteiger partial charge >= 0.3 is 5.97 Å². The minimum Gasteiger partial charge on any atom is -0.476 e. The van der Waals surface area contributed by atoms with Crippen molar-refractivity contribution in [2.24, 2.45) is 0 Å². The van der Waals surface area contributed by atoms with Gasteiger partial charge in [0.1, 0.15) is 21.6 Å². The average molecular weight is 270 g/mol. The van der Waals surface area contributed by atoms with Gasteiger partial charge in [0.25, 0.3) is 0 Å². The lowest BCUT2D eigenvalue weighted by Crippen LogP contribution is -2.00. The molecule has 0 amide bonds. The number of nitrogen functional groups attached to an aromatic ring is 1. The number of benzene rings is 1. The summed E-state index contributed by atoms with van der Waals surface area (Å²) in [7, 11) is 0. The number of hydrogen-bond donors (Lipinski definition) is 2. The van der Waals surface area contributed by atoms with Gasteiger partial charge in [-0.05, 0) is 18.6 Å². The molecule has 1 aromatic carbocycles. The van der Waals surface area contributed by atoms with Crippen LogP contribution < -0.4 is 5.73 Å². The first-order chi connectivity index (χ1) is 8.40. The Balaban J connectivity index is 2.59. The monoisotopic (exact) mass is 270 g/mol. The molecule has 94 valence electrons. The predicted octanol–water partition coefficient (Wildman–Crippen LogP) is 2.68. The Morgan fingerprint density at radius 1 is 1.39 bits per heavy atom. The molecule has 1 heterocycles. The molecule has 0 radical (unpaired) electrons. The Labute approximate surface area is 105 Å². The smallest absolute Gasteiger partial charge is 0.357 e. The number of halogens is 2. The summed E-state index contributed by atoms with van der Waals surface area (Å²) in [5.74, 6) is -2.75. The quantitative estimate of drug-likeness (QED) is 0.879. The van der Waals surface area contributed by atoms with E-state index in [-0.39, 0.29) is 26.8 Å². The summed E-state index contributed by atoms with van der Waals surface area (Å²) in [5, 5.41) is 8.91. The van der Waals surface area contributed by atoms with Gasteiger partial charge in [-0.25, -0.2) is 18.6 Å². The Kier molecular flexibility index (Phi) is 3.00. The number of rotatable bonds is 2. The molecule has 0 bridgehead atoms. The van der Waals surface area contributed by atoms with Crippen molar-refractivity contribution in [3.8, 4) is 10.6 Å². The van der Waals surface area contributed by atoms with Gasteiger partial charge in [0.15, 0.2) is 5.69 Å². The molecular weight excluding hydrogens is 262 g/mol. The van der Waals surface area contributed by atoms with Crippen molar-refractivity contribution in [2.45, 2.75) is 6.92 Å². The summed E-state index contributed by atoms with van der Waals surface area (Å²) < 4.78 is 26.7. The number of hydrogen-bond acceptors (Lipinski definition) is 4. The molecule has 0 saturated heterocycles. The summed E-state index contributed by atoms with van der Waals surface area (Å²) in [5.41, 5.74) is 5.44. The Morgan fingerprint density at radius 3 is 2.61 bits per heavy atom. The highest BCUT2D eigenvalue weighted by atomic mass is 32.1. The maximum atomic E-state index is 13.6. The zero-order valence-corrected chi connectivity index (χ0v) is 10.0. The van der Waals surface area contributed by atoms with Gasteiger partial charge in [-0.15, -0.1) is 0 Å². The summed E-state index contributed by atoms with van der Waals surface area (Å²) in [6, 6.07) is 2.01. The van der Waals surface area contributed by atoms with Crippen molar-refractivity contribution in [2.75, 3.05) is 5.73 Å². The summed E-state index contributed by atoms with van der Waals surface area (Å²) in [4.78, 5) is 14.5. The molecule has 0 aliphatic rings. The summed E-state index contributed by atoms with van der Waals surface area (Å²) >= 11 is 0.848. The Morgan fingerprint density at radius 2 is 2.06 bits per heavy atom. The number of carboxylic acids is 1. The number of anilines is 1. The van der Waals surface area contributed by atoms with Gasteiger partial charge in [-0.1, -0.05) is 11.3 Å². The third kappa shape index (κ3) is 2.04. The Bertz CT molecular complexity index is 640. The van der Waals surface area contributed by atoms with Crippen LogP contribution >= 0.6 is 11.3 Å². The van der Waals surface area contributed by atoms with Gasteiger partial charge < -0.3 is 10.8 Å². The van der Waals surface area contributed by atoms with Gasteiger partial charge in [-0.3, -0.25) is 0 Å². The molecule has 0 saturated carbocycles. The molecule has 2 aromatic rings. The van der Waals surface area contributed by atoms with Crippen LogP contribution in [0.2, 0.25) is 0 Å². The zero-order valence-electron chi connectivity index (χ0n) is 9.20. The van der Waals surface area contributed by atoms with Gasteiger partial charge in [0.2, 0.25) is 0 Å². The first-order valence-electron chi connectivity index (χ1n) is 4.85. The Hall–Kier alpha value is -2.02. The minimum atomic E-state index is -1.28. The number of aromatic carboxylic acids is 1. The third-order valence-corrected chi connectivity index (χ3v) is 3.25. The lowest BCUT2D eigenvalue weighted by atomic mass is 10.1. The largest absolute Gasteiger partial charge is 0.476 e. The second-order valence-electron chi connectivity index (χ2n) is 3.62. The molecule has 18 heavy (non-hydrogen) atoms. The van der Waals surface area contributed by atoms with Gasteiger partial charge in [0, 0.05) is 11.6 Å². The molecule has 4 nitrogen and oxygen atoms in total. The van der Waals surface area contributed by atoms with Crippen LogP contribution in [0.25, 0.3) is 10.6 Å². The van der Waals surface area contributed by atoms with Crippen molar-refractivity contribution in [3.63, 3.8) is 0 Å². The standard InChI is InChI=1S/C11H8F2N2O2S/c1-4-2-5(7(13)3-6(4)12)10-15-8(11(16)17)9(14)18-10/h2-3H,14H2,1H3,(H,16,17). The van der Waals surface area contributed by atoms with E-state index in [0.29, 0.717) is 0 Å². The lowest BCUT2D eigenvalue weighted by Gasteiger charge is -2.02. The van der Waals surface area contributed by atoms with E-state index < -0.39 is 17.6 Å². The number of nitrogens with zero attached hydrogens (tertiary/aromatic N) is 1. The van der Waals surface area contributed by atoms with Crippen molar-refractivity contribution in [3.05, 3.63) is 35.0 Å². The second-order valence-corrected chi connectivity index (χ2v) is 4.65. The van der Waals surface area contributed by atoms with Crippen LogP contribution in [0.1, 0.15) is 16.1 Å². The van der Waals surface area contributed by atoms with Gasteiger partial charge in [-0.2, -0.15) is 0 Å².